The summed E-state index contributed by atoms with van der Waals surface area (Å²) in [7, 11) is 3.28. The standard InChI is InChI=1S/2C10H15.2C7H7O.Ti/c2*1-2-3-4-7-10-8-5-6-9-10;2*1-8-7-5-3-2-4-6-7;/h2*5-6,8-9H,2-4,7H2,1H3;2*2-3,5-6H,1H3;/q4*-1;+4. The molecule has 0 radical (unpaired) electrons. The second-order valence-corrected chi connectivity index (χ2v) is 8.39. The van der Waals surface area contributed by atoms with E-state index < -0.39 is 0 Å². The first kappa shape index (κ1) is 34.5. The molecule has 3 heteroatoms. The van der Waals surface area contributed by atoms with Gasteiger partial charge in [0.2, 0.25) is 0 Å². The smallest absolute Gasteiger partial charge is 0.554 e. The zero-order valence-electron chi connectivity index (χ0n) is 23.2. The fourth-order valence-corrected chi connectivity index (χ4v) is 3.33. The summed E-state index contributed by atoms with van der Waals surface area (Å²) in [6.07, 6.45) is 10.6. The van der Waals surface area contributed by atoms with Crippen LogP contribution >= 0.6 is 0 Å². The first-order valence-corrected chi connectivity index (χ1v) is 13.1. The van der Waals surface area contributed by atoms with Crippen LogP contribution in [0.25, 0.3) is 0 Å². The number of hydrogen-bond acceptors (Lipinski definition) is 2. The van der Waals surface area contributed by atoms with Gasteiger partial charge in [-0.15, -0.1) is 24.3 Å². The van der Waals surface area contributed by atoms with E-state index in [0.717, 1.165) is 11.5 Å². The van der Waals surface area contributed by atoms with E-state index in [1.807, 2.05) is 36.4 Å². The van der Waals surface area contributed by atoms with Gasteiger partial charge in [-0.25, -0.2) is 24.3 Å². The molecule has 0 aliphatic rings. The van der Waals surface area contributed by atoms with Crippen molar-refractivity contribution in [2.75, 3.05) is 14.2 Å². The van der Waals surface area contributed by atoms with Crippen LogP contribution in [0.3, 0.4) is 0 Å². The van der Waals surface area contributed by atoms with Gasteiger partial charge in [0.05, 0.1) is 14.2 Å². The van der Waals surface area contributed by atoms with E-state index in [0.29, 0.717) is 0 Å². The molecule has 0 saturated heterocycles. The molecule has 0 atom stereocenters. The summed E-state index contributed by atoms with van der Waals surface area (Å²) in [5.74, 6) is 1.71. The molecule has 0 amide bonds. The number of benzene rings is 2. The van der Waals surface area contributed by atoms with Crippen molar-refractivity contribution in [2.45, 2.75) is 65.2 Å². The van der Waals surface area contributed by atoms with E-state index in [2.05, 4.69) is 74.5 Å². The maximum absolute atomic E-state index is 4.88. The maximum atomic E-state index is 4.88. The Hall–Kier alpha value is -2.55. The Labute approximate surface area is 241 Å². The molecule has 0 spiro atoms. The average Bonchev–Trinajstić information content (AvgIpc) is 3.66. The third-order valence-electron chi connectivity index (χ3n) is 5.43. The molecule has 0 aliphatic heterocycles. The van der Waals surface area contributed by atoms with E-state index in [1.165, 1.54) is 62.5 Å². The van der Waals surface area contributed by atoms with Gasteiger partial charge in [-0.3, -0.25) is 0 Å². The van der Waals surface area contributed by atoms with Crippen LogP contribution < -0.4 is 9.47 Å². The maximum Gasteiger partial charge on any atom is 4.00 e. The normalized spacial score (nSPS) is 9.19. The summed E-state index contributed by atoms with van der Waals surface area (Å²) in [4.78, 5) is 0. The van der Waals surface area contributed by atoms with E-state index >= 15 is 0 Å². The quantitative estimate of drug-likeness (QED) is 0.115. The van der Waals surface area contributed by atoms with Gasteiger partial charge < -0.3 is 9.47 Å². The Kier molecular flexibility index (Phi) is 23.4. The Balaban J connectivity index is 0.000000465. The fourth-order valence-electron chi connectivity index (χ4n) is 3.33. The summed E-state index contributed by atoms with van der Waals surface area (Å²) in [6, 6.07) is 37.8. The number of ether oxygens (including phenoxy) is 2. The average molecular weight is 533 g/mol. The second kappa shape index (κ2) is 25.1. The summed E-state index contributed by atoms with van der Waals surface area (Å²) >= 11 is 0. The first-order valence-electron chi connectivity index (χ1n) is 13.1. The molecule has 196 valence electrons. The van der Waals surface area contributed by atoms with E-state index in [4.69, 9.17) is 9.47 Å². The van der Waals surface area contributed by atoms with E-state index in [-0.39, 0.29) is 21.7 Å². The molecule has 0 aromatic heterocycles. The number of rotatable bonds is 10. The van der Waals surface area contributed by atoms with Crippen LogP contribution in [0.15, 0.2) is 97.1 Å². The topological polar surface area (TPSA) is 18.5 Å². The monoisotopic (exact) mass is 532 g/mol. The molecular formula is C34H44O2Ti. The molecule has 4 aromatic rings. The Morgan fingerprint density at radius 3 is 1.22 bits per heavy atom. The van der Waals surface area contributed by atoms with Gasteiger partial charge in [0, 0.05) is 11.5 Å². The molecule has 0 bridgehead atoms. The molecule has 2 nitrogen and oxygen atoms in total. The van der Waals surface area contributed by atoms with Gasteiger partial charge in [0.25, 0.3) is 0 Å². The predicted molar refractivity (Wildman–Crippen MR) is 154 cm³/mol. The SMILES string of the molecule is CCCCC[c-]1cccc1.CCCCC[c-]1cccc1.COc1c[c-]ccc1.COc1c[c-]ccc1.[Ti+4]. The minimum atomic E-state index is 0. The van der Waals surface area contributed by atoms with Crippen molar-refractivity contribution < 1.29 is 31.2 Å². The third-order valence-corrected chi connectivity index (χ3v) is 5.43. The summed E-state index contributed by atoms with van der Waals surface area (Å²) < 4.78 is 9.77. The number of hydrogen-bond donors (Lipinski definition) is 0. The Morgan fingerprint density at radius 1 is 0.595 bits per heavy atom. The Bertz CT molecular complexity index is 837. The van der Waals surface area contributed by atoms with Gasteiger partial charge in [0.15, 0.2) is 0 Å². The zero-order valence-corrected chi connectivity index (χ0v) is 24.8. The molecule has 0 saturated carbocycles. The van der Waals surface area contributed by atoms with Crippen molar-refractivity contribution in [3.8, 4) is 11.5 Å². The van der Waals surface area contributed by atoms with E-state index in [1.54, 1.807) is 26.4 Å². The number of methoxy groups -OCH3 is 2. The van der Waals surface area contributed by atoms with Crippen molar-refractivity contribution in [1.29, 1.82) is 0 Å². The van der Waals surface area contributed by atoms with Crippen molar-refractivity contribution in [3.63, 3.8) is 0 Å². The van der Waals surface area contributed by atoms with Crippen LogP contribution in [-0.4, -0.2) is 14.2 Å². The van der Waals surface area contributed by atoms with Crippen LogP contribution in [-0.2, 0) is 34.6 Å². The molecule has 37 heavy (non-hydrogen) atoms. The summed E-state index contributed by atoms with van der Waals surface area (Å²) in [5, 5.41) is 0. The molecule has 4 aromatic carbocycles. The van der Waals surface area contributed by atoms with Crippen LogP contribution in [0.2, 0.25) is 0 Å². The zero-order chi connectivity index (χ0) is 26.1. The second-order valence-electron chi connectivity index (χ2n) is 8.39. The van der Waals surface area contributed by atoms with Gasteiger partial charge in [-0.1, -0.05) is 65.2 Å². The molecule has 0 fully saturated rings. The van der Waals surface area contributed by atoms with Gasteiger partial charge in [-0.2, -0.15) is 71.8 Å². The minimum absolute atomic E-state index is 0. The minimum Gasteiger partial charge on any atom is -0.554 e. The number of unbranched alkanes of at least 4 members (excludes halogenated alkanes) is 4. The van der Waals surface area contributed by atoms with Crippen molar-refractivity contribution >= 4 is 0 Å². The molecule has 4 rings (SSSR count). The van der Waals surface area contributed by atoms with Gasteiger partial charge in [-0.05, 0) is 0 Å². The Morgan fingerprint density at radius 2 is 0.973 bits per heavy atom. The first-order chi connectivity index (χ1) is 17.7. The van der Waals surface area contributed by atoms with Crippen LogP contribution in [0.1, 0.15) is 63.5 Å². The van der Waals surface area contributed by atoms with Crippen molar-refractivity contribution in [2.24, 2.45) is 0 Å². The summed E-state index contributed by atoms with van der Waals surface area (Å²) in [6.45, 7) is 4.48. The largest absolute Gasteiger partial charge is 4.00 e. The van der Waals surface area contributed by atoms with E-state index in [9.17, 15) is 0 Å². The third kappa shape index (κ3) is 19.3. The predicted octanol–water partition coefficient (Wildman–Crippen LogP) is 9.26. The molecular weight excluding hydrogens is 488 g/mol. The molecule has 0 unspecified atom stereocenters. The molecule has 0 aliphatic carbocycles. The molecule has 0 heterocycles. The van der Waals surface area contributed by atoms with Crippen molar-refractivity contribution in [1.82, 2.24) is 0 Å². The van der Waals surface area contributed by atoms with Crippen LogP contribution in [0, 0.1) is 12.1 Å². The van der Waals surface area contributed by atoms with Crippen LogP contribution in [0.4, 0.5) is 0 Å². The number of aryl methyl sites for hydroxylation is 2. The molecule has 0 N–H and O–H groups in total. The van der Waals surface area contributed by atoms with Gasteiger partial charge >= 0.3 is 21.7 Å². The van der Waals surface area contributed by atoms with Gasteiger partial charge in [0.1, 0.15) is 0 Å². The van der Waals surface area contributed by atoms with Crippen LogP contribution in [0.5, 0.6) is 11.5 Å². The van der Waals surface area contributed by atoms with Crippen molar-refractivity contribution in [3.05, 3.63) is 120 Å². The fraction of sp³-hybridized carbons (Fsp3) is 0.353. The summed E-state index contributed by atoms with van der Waals surface area (Å²) in [5.41, 5.74) is 2.99.